The molecule has 0 bridgehead atoms. The van der Waals surface area contributed by atoms with Crippen LogP contribution in [0.1, 0.15) is 28.7 Å². The summed E-state index contributed by atoms with van der Waals surface area (Å²) in [5.74, 6) is 0.306. The Hall–Kier alpha value is -2.43. The van der Waals surface area contributed by atoms with Gasteiger partial charge in [0, 0.05) is 17.8 Å². The first kappa shape index (κ1) is 15.0. The molecule has 2 aromatic rings. The first-order valence-electron chi connectivity index (χ1n) is 6.44. The summed E-state index contributed by atoms with van der Waals surface area (Å²) < 4.78 is 23.9. The minimum absolute atomic E-state index is 0.171. The topological polar surface area (TPSA) is 48.4 Å². The van der Waals surface area contributed by atoms with Crippen molar-refractivity contribution in [2.24, 2.45) is 0 Å². The second-order valence-electron chi connectivity index (χ2n) is 4.63. The van der Waals surface area contributed by atoms with E-state index in [2.05, 4.69) is 4.98 Å². The van der Waals surface area contributed by atoms with E-state index in [1.54, 1.807) is 13.2 Å². The molecule has 0 aliphatic rings. The highest BCUT2D eigenvalue weighted by Crippen LogP contribution is 2.22. The minimum atomic E-state index is -0.470. The van der Waals surface area contributed by atoms with E-state index in [-0.39, 0.29) is 18.0 Å². The van der Waals surface area contributed by atoms with Crippen LogP contribution < -0.4 is 9.47 Å². The van der Waals surface area contributed by atoms with Crippen LogP contribution in [0.3, 0.4) is 0 Å². The van der Waals surface area contributed by atoms with Gasteiger partial charge in [-0.05, 0) is 32.0 Å². The Bertz CT molecular complexity index is 671. The van der Waals surface area contributed by atoms with Crippen molar-refractivity contribution in [1.82, 2.24) is 4.98 Å². The molecule has 0 unspecified atom stereocenters. The van der Waals surface area contributed by atoms with Crippen LogP contribution in [0.5, 0.6) is 11.5 Å². The zero-order valence-corrected chi connectivity index (χ0v) is 12.1. The fourth-order valence-corrected chi connectivity index (χ4v) is 1.95. The molecular formula is C16H16FNO3. The first-order chi connectivity index (χ1) is 9.99. The summed E-state index contributed by atoms with van der Waals surface area (Å²) in [6, 6.07) is 7.43. The number of halogens is 1. The number of Topliss-reactive ketones (excluding diaryl/α,β-unsaturated/α-hetero) is 1. The Morgan fingerprint density at radius 3 is 2.71 bits per heavy atom. The normalized spacial score (nSPS) is 10.3. The lowest BCUT2D eigenvalue weighted by atomic mass is 10.1. The van der Waals surface area contributed by atoms with Crippen molar-refractivity contribution >= 4 is 5.78 Å². The number of ether oxygens (including phenoxy) is 2. The number of aryl methyl sites for hydroxylation is 1. The van der Waals surface area contributed by atoms with Crippen LogP contribution in [0, 0.1) is 12.7 Å². The average Bonchev–Trinajstić information content (AvgIpc) is 2.45. The van der Waals surface area contributed by atoms with E-state index < -0.39 is 5.82 Å². The SMILES string of the molecule is COc1cc(C)nc(COc2ccc(F)cc2C(C)=O)c1. The van der Waals surface area contributed by atoms with Crippen LogP contribution >= 0.6 is 0 Å². The largest absolute Gasteiger partial charge is 0.497 e. The van der Waals surface area contributed by atoms with Crippen molar-refractivity contribution in [3.8, 4) is 11.5 Å². The zero-order valence-electron chi connectivity index (χ0n) is 12.1. The van der Waals surface area contributed by atoms with E-state index in [1.807, 2.05) is 13.0 Å². The van der Waals surface area contributed by atoms with Crippen molar-refractivity contribution in [3.05, 3.63) is 53.1 Å². The lowest BCUT2D eigenvalue weighted by molar-refractivity contribution is 0.101. The van der Waals surface area contributed by atoms with Crippen molar-refractivity contribution < 1.29 is 18.7 Å². The van der Waals surface area contributed by atoms with Crippen LogP contribution in [0.15, 0.2) is 30.3 Å². The summed E-state index contributed by atoms with van der Waals surface area (Å²) in [7, 11) is 1.58. The fourth-order valence-electron chi connectivity index (χ4n) is 1.95. The number of rotatable bonds is 5. The molecule has 0 saturated heterocycles. The van der Waals surface area contributed by atoms with E-state index in [4.69, 9.17) is 9.47 Å². The van der Waals surface area contributed by atoms with Gasteiger partial charge < -0.3 is 9.47 Å². The van der Waals surface area contributed by atoms with Gasteiger partial charge in [-0.2, -0.15) is 0 Å². The lowest BCUT2D eigenvalue weighted by Gasteiger charge is -2.11. The van der Waals surface area contributed by atoms with Gasteiger partial charge in [0.25, 0.3) is 0 Å². The number of hydrogen-bond donors (Lipinski definition) is 0. The molecule has 1 heterocycles. The third kappa shape index (κ3) is 3.78. The predicted octanol–water partition coefficient (Wildman–Crippen LogP) is 3.32. The molecule has 0 spiro atoms. The molecule has 5 heteroatoms. The van der Waals surface area contributed by atoms with Gasteiger partial charge in [0.05, 0.1) is 18.4 Å². The molecule has 0 atom stereocenters. The second kappa shape index (κ2) is 6.35. The molecule has 110 valence electrons. The summed E-state index contributed by atoms with van der Waals surface area (Å²) in [5, 5.41) is 0. The number of benzene rings is 1. The number of carbonyl (C=O) groups is 1. The smallest absolute Gasteiger partial charge is 0.163 e. The molecule has 0 aliphatic heterocycles. The molecule has 2 rings (SSSR count). The summed E-state index contributed by atoms with van der Waals surface area (Å²) in [6.07, 6.45) is 0. The highest BCUT2D eigenvalue weighted by atomic mass is 19.1. The first-order valence-corrected chi connectivity index (χ1v) is 6.44. The summed E-state index contributed by atoms with van der Waals surface area (Å²) in [4.78, 5) is 15.8. The highest BCUT2D eigenvalue weighted by molar-refractivity contribution is 5.96. The molecule has 1 aromatic heterocycles. The van der Waals surface area contributed by atoms with Crippen LogP contribution in [0.4, 0.5) is 4.39 Å². The summed E-state index contributed by atoms with van der Waals surface area (Å²) in [5.41, 5.74) is 1.69. The van der Waals surface area contributed by atoms with Gasteiger partial charge in [-0.25, -0.2) is 4.39 Å². The van der Waals surface area contributed by atoms with E-state index in [0.717, 1.165) is 5.69 Å². The number of methoxy groups -OCH3 is 1. The number of ketones is 1. The number of hydrogen-bond acceptors (Lipinski definition) is 4. The Morgan fingerprint density at radius 1 is 1.29 bits per heavy atom. The number of carbonyl (C=O) groups excluding carboxylic acids is 1. The minimum Gasteiger partial charge on any atom is -0.497 e. The third-order valence-corrected chi connectivity index (χ3v) is 2.91. The van der Waals surface area contributed by atoms with Crippen LogP contribution in [-0.4, -0.2) is 17.9 Å². The molecule has 0 N–H and O–H groups in total. The molecule has 0 saturated carbocycles. The molecule has 1 aromatic carbocycles. The maximum absolute atomic E-state index is 13.2. The van der Waals surface area contributed by atoms with Crippen molar-refractivity contribution in [2.45, 2.75) is 20.5 Å². The van der Waals surface area contributed by atoms with E-state index in [0.29, 0.717) is 17.2 Å². The molecule has 4 nitrogen and oxygen atoms in total. The highest BCUT2D eigenvalue weighted by Gasteiger charge is 2.11. The van der Waals surface area contributed by atoms with Gasteiger partial charge >= 0.3 is 0 Å². The van der Waals surface area contributed by atoms with Gasteiger partial charge in [0.15, 0.2) is 5.78 Å². The lowest BCUT2D eigenvalue weighted by Crippen LogP contribution is -2.04. The van der Waals surface area contributed by atoms with Gasteiger partial charge in [-0.15, -0.1) is 0 Å². The number of nitrogens with zero attached hydrogens (tertiary/aromatic N) is 1. The summed E-state index contributed by atoms with van der Waals surface area (Å²) in [6.45, 7) is 3.39. The summed E-state index contributed by atoms with van der Waals surface area (Å²) >= 11 is 0. The number of pyridine rings is 1. The van der Waals surface area contributed by atoms with Crippen molar-refractivity contribution in [3.63, 3.8) is 0 Å². The molecular weight excluding hydrogens is 273 g/mol. The molecule has 0 fully saturated rings. The second-order valence-corrected chi connectivity index (χ2v) is 4.63. The average molecular weight is 289 g/mol. The monoisotopic (exact) mass is 289 g/mol. The predicted molar refractivity (Wildman–Crippen MR) is 76.3 cm³/mol. The van der Waals surface area contributed by atoms with Gasteiger partial charge in [-0.1, -0.05) is 0 Å². The number of aromatic nitrogens is 1. The van der Waals surface area contributed by atoms with E-state index in [1.165, 1.54) is 25.1 Å². The van der Waals surface area contributed by atoms with E-state index >= 15 is 0 Å². The van der Waals surface area contributed by atoms with Crippen molar-refractivity contribution in [2.75, 3.05) is 7.11 Å². The Kier molecular flexibility index (Phi) is 4.52. The zero-order chi connectivity index (χ0) is 15.4. The molecule has 21 heavy (non-hydrogen) atoms. The van der Waals surface area contributed by atoms with Crippen LogP contribution in [0.25, 0.3) is 0 Å². The Balaban J connectivity index is 2.20. The van der Waals surface area contributed by atoms with Gasteiger partial charge in [-0.3, -0.25) is 9.78 Å². The third-order valence-electron chi connectivity index (χ3n) is 2.91. The Labute approximate surface area is 122 Å². The van der Waals surface area contributed by atoms with Gasteiger partial charge in [0.2, 0.25) is 0 Å². The van der Waals surface area contributed by atoms with Crippen LogP contribution in [-0.2, 0) is 6.61 Å². The Morgan fingerprint density at radius 2 is 2.05 bits per heavy atom. The van der Waals surface area contributed by atoms with Crippen molar-refractivity contribution in [1.29, 1.82) is 0 Å². The van der Waals surface area contributed by atoms with Gasteiger partial charge in [0.1, 0.15) is 23.9 Å². The fraction of sp³-hybridized carbons (Fsp3) is 0.250. The molecule has 0 amide bonds. The quantitative estimate of drug-likeness (QED) is 0.792. The standard InChI is InChI=1S/C16H16FNO3/c1-10-6-14(20-3)8-13(18-10)9-21-16-5-4-12(17)7-15(16)11(2)19/h4-8H,9H2,1-3H3. The van der Waals surface area contributed by atoms with Crippen LogP contribution in [0.2, 0.25) is 0 Å². The maximum Gasteiger partial charge on any atom is 0.163 e. The van der Waals surface area contributed by atoms with E-state index in [9.17, 15) is 9.18 Å². The molecule has 0 radical (unpaired) electrons. The maximum atomic E-state index is 13.2. The molecule has 0 aliphatic carbocycles.